The zero-order chi connectivity index (χ0) is 14.8. The smallest absolute Gasteiger partial charge is 0.184 e. The van der Waals surface area contributed by atoms with E-state index < -0.39 is 9.84 Å². The molecule has 0 aliphatic carbocycles. The van der Waals surface area contributed by atoms with Crippen molar-refractivity contribution in [3.05, 3.63) is 23.8 Å². The van der Waals surface area contributed by atoms with Gasteiger partial charge in [0.1, 0.15) is 15.7 Å². The Bertz CT molecular complexity index is 711. The zero-order valence-electron chi connectivity index (χ0n) is 11.1. The van der Waals surface area contributed by atoms with Gasteiger partial charge in [-0.2, -0.15) is 4.37 Å². The predicted octanol–water partition coefficient (Wildman–Crippen LogP) is 1.23. The Labute approximate surface area is 121 Å². The summed E-state index contributed by atoms with van der Waals surface area (Å²) in [4.78, 5) is 8.32. The molecule has 108 valence electrons. The van der Waals surface area contributed by atoms with Crippen LogP contribution in [0.4, 0.5) is 10.8 Å². The van der Waals surface area contributed by atoms with Gasteiger partial charge in [-0.25, -0.2) is 18.4 Å². The fraction of sp³-hybridized carbons (Fsp3) is 0.364. The quantitative estimate of drug-likeness (QED) is 0.854. The third kappa shape index (κ3) is 3.05. The minimum atomic E-state index is -3.40. The van der Waals surface area contributed by atoms with Crippen molar-refractivity contribution in [3.8, 4) is 0 Å². The first-order valence-electron chi connectivity index (χ1n) is 5.94. The second-order valence-corrected chi connectivity index (χ2v) is 7.07. The Kier molecular flexibility index (Phi) is 4.19. The molecule has 2 aromatic heterocycles. The van der Waals surface area contributed by atoms with Crippen LogP contribution in [0.25, 0.3) is 0 Å². The molecule has 0 aliphatic rings. The maximum Gasteiger partial charge on any atom is 0.184 e. The first kappa shape index (κ1) is 14.7. The first-order valence-corrected chi connectivity index (χ1v) is 8.37. The number of hydrogen-bond acceptors (Lipinski definition) is 8. The summed E-state index contributed by atoms with van der Waals surface area (Å²) < 4.78 is 27.9. The molecular formula is C11H15N5O2S2. The van der Waals surface area contributed by atoms with Gasteiger partial charge in [-0.1, -0.05) is 6.92 Å². The summed E-state index contributed by atoms with van der Waals surface area (Å²) in [5.74, 6) is 0.685. The molecule has 0 saturated heterocycles. The molecule has 20 heavy (non-hydrogen) atoms. The van der Waals surface area contributed by atoms with Crippen LogP contribution < -0.4 is 11.1 Å². The van der Waals surface area contributed by atoms with E-state index in [-0.39, 0.29) is 16.5 Å². The van der Waals surface area contributed by atoms with E-state index in [1.165, 1.54) is 0 Å². The molecule has 0 radical (unpaired) electrons. The van der Waals surface area contributed by atoms with Gasteiger partial charge in [0.15, 0.2) is 15.7 Å². The molecule has 2 heterocycles. The first-order chi connectivity index (χ1) is 9.44. The van der Waals surface area contributed by atoms with E-state index >= 15 is 0 Å². The van der Waals surface area contributed by atoms with Gasteiger partial charge < -0.3 is 11.1 Å². The lowest BCUT2D eigenvalue weighted by Crippen LogP contribution is -2.10. The number of hydrogen-bond donors (Lipinski definition) is 2. The molecule has 7 nitrogen and oxygen atoms in total. The van der Waals surface area contributed by atoms with E-state index in [9.17, 15) is 8.42 Å². The number of nitrogens with two attached hydrogens (primary N) is 1. The molecule has 2 aromatic rings. The number of nitrogen functional groups attached to an aromatic ring is 1. The Balaban J connectivity index is 2.23. The molecule has 0 bridgehead atoms. The summed E-state index contributed by atoms with van der Waals surface area (Å²) in [6, 6.07) is 1.76. The summed E-state index contributed by atoms with van der Waals surface area (Å²) in [6.45, 7) is 3.75. The van der Waals surface area contributed by atoms with Crippen LogP contribution in [0.1, 0.15) is 18.4 Å². The van der Waals surface area contributed by atoms with Crippen LogP contribution in [-0.4, -0.2) is 28.5 Å². The van der Waals surface area contributed by atoms with Gasteiger partial charge in [0, 0.05) is 6.20 Å². The van der Waals surface area contributed by atoms with Crippen molar-refractivity contribution in [2.75, 3.05) is 16.8 Å². The maximum absolute atomic E-state index is 12.0. The third-order valence-electron chi connectivity index (χ3n) is 2.63. The number of sulfone groups is 1. The van der Waals surface area contributed by atoms with Crippen molar-refractivity contribution in [1.29, 1.82) is 0 Å². The fourth-order valence-electron chi connectivity index (χ4n) is 1.63. The normalized spacial score (nSPS) is 11.5. The molecule has 2 rings (SSSR count). The van der Waals surface area contributed by atoms with Gasteiger partial charge in [0.05, 0.1) is 18.0 Å². The van der Waals surface area contributed by atoms with Gasteiger partial charge in [0.2, 0.25) is 0 Å². The molecule has 0 unspecified atom stereocenters. The van der Waals surface area contributed by atoms with Crippen LogP contribution in [-0.2, 0) is 16.4 Å². The molecule has 0 amide bonds. The number of nitrogens with one attached hydrogen (secondary N) is 1. The monoisotopic (exact) mass is 313 g/mol. The van der Waals surface area contributed by atoms with Crippen LogP contribution in [0.3, 0.4) is 0 Å². The van der Waals surface area contributed by atoms with Crippen molar-refractivity contribution in [2.24, 2.45) is 0 Å². The maximum atomic E-state index is 12.0. The summed E-state index contributed by atoms with van der Waals surface area (Å²) in [6.07, 6.45) is 1.66. The molecule has 0 aliphatic heterocycles. The predicted molar refractivity (Wildman–Crippen MR) is 78.3 cm³/mol. The van der Waals surface area contributed by atoms with Crippen LogP contribution in [0.15, 0.2) is 17.2 Å². The van der Waals surface area contributed by atoms with Crippen molar-refractivity contribution in [3.63, 3.8) is 0 Å². The number of nitrogens with zero attached hydrogens (tertiary/aromatic N) is 3. The highest BCUT2D eigenvalue weighted by Crippen LogP contribution is 2.32. The Morgan fingerprint density at radius 1 is 1.45 bits per heavy atom. The lowest BCUT2D eigenvalue weighted by atomic mass is 10.4. The highest BCUT2D eigenvalue weighted by atomic mass is 32.2. The van der Waals surface area contributed by atoms with Crippen LogP contribution in [0.5, 0.6) is 0 Å². The average Bonchev–Trinajstić information content (AvgIpc) is 2.78. The minimum Gasteiger partial charge on any atom is -0.382 e. The Morgan fingerprint density at radius 3 is 2.85 bits per heavy atom. The lowest BCUT2D eigenvalue weighted by molar-refractivity contribution is 0.598. The molecule has 0 spiro atoms. The van der Waals surface area contributed by atoms with Crippen LogP contribution in [0.2, 0.25) is 0 Å². The van der Waals surface area contributed by atoms with E-state index in [4.69, 9.17) is 5.73 Å². The van der Waals surface area contributed by atoms with Crippen molar-refractivity contribution >= 4 is 32.2 Å². The van der Waals surface area contributed by atoms with E-state index in [0.29, 0.717) is 17.4 Å². The molecule has 0 aromatic carbocycles. The second kappa shape index (κ2) is 5.71. The number of aromatic nitrogens is 3. The van der Waals surface area contributed by atoms with Gasteiger partial charge in [-0.05, 0) is 24.5 Å². The standard InChI is InChI=1S/C11H15N5O2S2/c1-3-20(17,18)9-10(12)16-19-11(9)14-6-8-4-5-13-7(2)15-8/h4-5,14H,3,6H2,1-2H3,(H2,12,16). The van der Waals surface area contributed by atoms with Gasteiger partial charge in [-0.3, -0.25) is 0 Å². The van der Waals surface area contributed by atoms with Gasteiger partial charge in [-0.15, -0.1) is 0 Å². The highest BCUT2D eigenvalue weighted by molar-refractivity contribution is 7.91. The lowest BCUT2D eigenvalue weighted by Gasteiger charge is -2.07. The van der Waals surface area contributed by atoms with E-state index in [1.807, 2.05) is 0 Å². The van der Waals surface area contributed by atoms with E-state index in [1.54, 1.807) is 26.1 Å². The van der Waals surface area contributed by atoms with Crippen LogP contribution >= 0.6 is 11.5 Å². The largest absolute Gasteiger partial charge is 0.382 e. The third-order valence-corrected chi connectivity index (χ3v) is 5.37. The average molecular weight is 313 g/mol. The summed E-state index contributed by atoms with van der Waals surface area (Å²) in [7, 11) is -3.40. The Morgan fingerprint density at radius 2 is 2.20 bits per heavy atom. The van der Waals surface area contributed by atoms with Crippen molar-refractivity contribution in [1.82, 2.24) is 14.3 Å². The SMILES string of the molecule is CCS(=O)(=O)c1c(N)nsc1NCc1ccnc(C)n1. The van der Waals surface area contributed by atoms with Crippen molar-refractivity contribution < 1.29 is 8.42 Å². The Hall–Kier alpha value is -1.74. The topological polar surface area (TPSA) is 111 Å². The molecule has 0 fully saturated rings. The highest BCUT2D eigenvalue weighted by Gasteiger charge is 2.23. The summed E-state index contributed by atoms with van der Waals surface area (Å²) in [5.41, 5.74) is 6.42. The molecule has 3 N–H and O–H groups in total. The minimum absolute atomic E-state index is 0.0170. The number of aryl methyl sites for hydroxylation is 1. The van der Waals surface area contributed by atoms with E-state index in [0.717, 1.165) is 17.2 Å². The second-order valence-electron chi connectivity index (χ2n) is 4.08. The molecule has 0 saturated carbocycles. The molecule has 0 atom stereocenters. The van der Waals surface area contributed by atoms with E-state index in [2.05, 4.69) is 19.7 Å². The fourth-order valence-corrected chi connectivity index (χ4v) is 3.79. The number of anilines is 2. The van der Waals surface area contributed by atoms with Gasteiger partial charge in [0.25, 0.3) is 0 Å². The summed E-state index contributed by atoms with van der Waals surface area (Å²) in [5, 5.41) is 3.47. The van der Waals surface area contributed by atoms with Crippen molar-refractivity contribution in [2.45, 2.75) is 25.3 Å². The molecule has 9 heteroatoms. The number of rotatable bonds is 5. The molecular weight excluding hydrogens is 298 g/mol. The van der Waals surface area contributed by atoms with Crippen LogP contribution in [0, 0.1) is 6.92 Å². The van der Waals surface area contributed by atoms with Gasteiger partial charge >= 0.3 is 0 Å². The zero-order valence-corrected chi connectivity index (χ0v) is 12.8. The summed E-state index contributed by atoms with van der Waals surface area (Å²) >= 11 is 1.03.